The third-order valence-corrected chi connectivity index (χ3v) is 3.35. The minimum atomic E-state index is 0.0641. The summed E-state index contributed by atoms with van der Waals surface area (Å²) in [5.74, 6) is 0.918. The largest absolute Gasteiger partial charge is 0.409 e. The number of pyridine rings is 1. The van der Waals surface area contributed by atoms with Crippen molar-refractivity contribution in [3.05, 3.63) is 23.9 Å². The number of hydrogen-bond donors (Lipinski definition) is 2. The van der Waals surface area contributed by atoms with Crippen LogP contribution in [0.1, 0.15) is 18.9 Å². The Labute approximate surface area is 106 Å². The van der Waals surface area contributed by atoms with E-state index in [0.717, 1.165) is 18.8 Å². The van der Waals surface area contributed by atoms with Gasteiger partial charge in [-0.3, -0.25) is 0 Å². The fraction of sp³-hybridized carbons (Fsp3) is 0.500. The van der Waals surface area contributed by atoms with Gasteiger partial charge in [0.1, 0.15) is 5.82 Å². The van der Waals surface area contributed by atoms with E-state index in [1.807, 2.05) is 13.1 Å². The average molecular weight is 250 g/mol. The van der Waals surface area contributed by atoms with E-state index in [1.54, 1.807) is 12.3 Å². The molecule has 1 fully saturated rings. The first-order chi connectivity index (χ1) is 8.63. The summed E-state index contributed by atoms with van der Waals surface area (Å²) in [6, 6.07) is 3.99. The number of hydrogen-bond acceptors (Lipinski definition) is 5. The summed E-state index contributed by atoms with van der Waals surface area (Å²) in [5, 5.41) is 11.5. The molecule has 1 aliphatic heterocycles. The molecular formula is C12H18N4O2. The Balaban J connectivity index is 2.14. The SMILES string of the molecule is CC1OCCC1N(C)c1ccc(/C(N)=N/O)cn1. The van der Waals surface area contributed by atoms with Crippen LogP contribution in [0.15, 0.2) is 23.5 Å². The Morgan fingerprint density at radius 2 is 2.39 bits per heavy atom. The van der Waals surface area contributed by atoms with Crippen molar-refractivity contribution < 1.29 is 9.94 Å². The molecule has 0 bridgehead atoms. The molecule has 2 unspecified atom stereocenters. The van der Waals surface area contributed by atoms with Crippen molar-refractivity contribution in [2.24, 2.45) is 10.9 Å². The van der Waals surface area contributed by atoms with Crippen molar-refractivity contribution in [1.82, 2.24) is 4.98 Å². The maximum absolute atomic E-state index is 8.58. The summed E-state index contributed by atoms with van der Waals surface area (Å²) in [6.45, 7) is 2.86. The first-order valence-electron chi connectivity index (χ1n) is 5.92. The van der Waals surface area contributed by atoms with Crippen LogP contribution < -0.4 is 10.6 Å². The van der Waals surface area contributed by atoms with E-state index < -0.39 is 0 Å². The monoisotopic (exact) mass is 250 g/mol. The van der Waals surface area contributed by atoms with Gasteiger partial charge >= 0.3 is 0 Å². The molecule has 18 heavy (non-hydrogen) atoms. The number of nitrogens with zero attached hydrogens (tertiary/aromatic N) is 3. The zero-order chi connectivity index (χ0) is 13.1. The molecule has 2 rings (SSSR count). The summed E-state index contributed by atoms with van der Waals surface area (Å²) >= 11 is 0. The van der Waals surface area contributed by atoms with Crippen molar-refractivity contribution in [2.75, 3.05) is 18.6 Å². The van der Waals surface area contributed by atoms with Crippen LogP contribution in [0.4, 0.5) is 5.82 Å². The first kappa shape index (κ1) is 12.6. The van der Waals surface area contributed by atoms with Crippen LogP contribution in [0.2, 0.25) is 0 Å². The number of ether oxygens (including phenoxy) is 1. The summed E-state index contributed by atoms with van der Waals surface area (Å²) < 4.78 is 5.55. The molecule has 1 aromatic rings. The van der Waals surface area contributed by atoms with Gasteiger partial charge in [0.25, 0.3) is 0 Å². The number of aromatic nitrogens is 1. The van der Waals surface area contributed by atoms with Crippen molar-refractivity contribution >= 4 is 11.7 Å². The van der Waals surface area contributed by atoms with Crippen molar-refractivity contribution in [3.63, 3.8) is 0 Å². The highest BCUT2D eigenvalue weighted by Crippen LogP contribution is 2.22. The molecule has 1 aromatic heterocycles. The molecule has 0 spiro atoms. The Hall–Kier alpha value is -1.82. The zero-order valence-corrected chi connectivity index (χ0v) is 10.6. The molecule has 0 radical (unpaired) electrons. The molecule has 1 saturated heterocycles. The molecule has 1 aliphatic rings. The highest BCUT2D eigenvalue weighted by molar-refractivity contribution is 5.96. The van der Waals surface area contributed by atoms with Gasteiger partial charge < -0.3 is 20.6 Å². The lowest BCUT2D eigenvalue weighted by Gasteiger charge is -2.27. The molecule has 2 atom stereocenters. The average Bonchev–Trinajstić information content (AvgIpc) is 2.83. The third kappa shape index (κ3) is 2.38. The van der Waals surface area contributed by atoms with Gasteiger partial charge in [0.05, 0.1) is 12.1 Å². The first-order valence-corrected chi connectivity index (χ1v) is 5.92. The van der Waals surface area contributed by atoms with E-state index in [0.29, 0.717) is 11.6 Å². The number of amidine groups is 1. The zero-order valence-electron chi connectivity index (χ0n) is 10.6. The maximum atomic E-state index is 8.58. The normalized spacial score (nSPS) is 24.2. The van der Waals surface area contributed by atoms with Gasteiger partial charge in [-0.2, -0.15) is 0 Å². The van der Waals surface area contributed by atoms with Gasteiger partial charge in [0.15, 0.2) is 5.84 Å². The Morgan fingerprint density at radius 1 is 1.61 bits per heavy atom. The van der Waals surface area contributed by atoms with E-state index in [1.165, 1.54) is 0 Å². The minimum absolute atomic E-state index is 0.0641. The van der Waals surface area contributed by atoms with E-state index in [9.17, 15) is 0 Å². The fourth-order valence-electron chi connectivity index (χ4n) is 2.20. The van der Waals surface area contributed by atoms with Crippen LogP contribution in [0.3, 0.4) is 0 Å². The molecule has 0 amide bonds. The van der Waals surface area contributed by atoms with Crippen LogP contribution >= 0.6 is 0 Å². The Bertz CT molecular complexity index is 432. The molecular weight excluding hydrogens is 232 g/mol. The van der Waals surface area contributed by atoms with Gasteiger partial charge in [-0.25, -0.2) is 4.98 Å². The molecule has 6 nitrogen and oxygen atoms in total. The van der Waals surface area contributed by atoms with E-state index >= 15 is 0 Å². The predicted molar refractivity (Wildman–Crippen MR) is 69.0 cm³/mol. The topological polar surface area (TPSA) is 84.0 Å². The molecule has 0 aliphatic carbocycles. The van der Waals surface area contributed by atoms with E-state index in [2.05, 4.69) is 22.0 Å². The van der Waals surface area contributed by atoms with Crippen molar-refractivity contribution in [3.8, 4) is 0 Å². The number of likely N-dealkylation sites (N-methyl/N-ethyl adjacent to an activating group) is 1. The smallest absolute Gasteiger partial charge is 0.171 e. The van der Waals surface area contributed by atoms with Gasteiger partial charge in [-0.15, -0.1) is 0 Å². The Kier molecular flexibility index (Phi) is 3.66. The number of oxime groups is 1. The van der Waals surface area contributed by atoms with Crippen LogP contribution in [-0.2, 0) is 4.74 Å². The summed E-state index contributed by atoms with van der Waals surface area (Å²) in [6.07, 6.45) is 2.81. The Morgan fingerprint density at radius 3 is 2.89 bits per heavy atom. The number of anilines is 1. The van der Waals surface area contributed by atoms with Gasteiger partial charge in [-0.1, -0.05) is 5.16 Å². The van der Waals surface area contributed by atoms with Crippen molar-refractivity contribution in [1.29, 1.82) is 0 Å². The summed E-state index contributed by atoms with van der Waals surface area (Å²) in [5.41, 5.74) is 6.09. The lowest BCUT2D eigenvalue weighted by Crippen LogP contribution is -2.37. The second-order valence-electron chi connectivity index (χ2n) is 4.43. The fourth-order valence-corrected chi connectivity index (χ4v) is 2.20. The van der Waals surface area contributed by atoms with Crippen LogP contribution in [0.5, 0.6) is 0 Å². The molecule has 3 N–H and O–H groups in total. The van der Waals surface area contributed by atoms with Gasteiger partial charge in [0.2, 0.25) is 0 Å². The van der Waals surface area contributed by atoms with Crippen LogP contribution in [-0.4, -0.2) is 41.8 Å². The number of rotatable bonds is 3. The lowest BCUT2D eigenvalue weighted by atomic mass is 10.1. The van der Waals surface area contributed by atoms with Crippen LogP contribution in [0.25, 0.3) is 0 Å². The van der Waals surface area contributed by atoms with Crippen LogP contribution in [0, 0.1) is 0 Å². The lowest BCUT2D eigenvalue weighted by molar-refractivity contribution is 0.118. The standard InChI is InChI=1S/C12H18N4O2/c1-8-10(5-6-18-8)16(2)11-4-3-9(7-14-11)12(13)15-17/h3-4,7-8,10,17H,5-6H2,1-2H3,(H2,13,15). The molecule has 6 heteroatoms. The number of nitrogens with two attached hydrogens (primary N) is 1. The quantitative estimate of drug-likeness (QED) is 0.358. The molecule has 98 valence electrons. The molecule has 0 aromatic carbocycles. The highest BCUT2D eigenvalue weighted by atomic mass is 16.5. The van der Waals surface area contributed by atoms with Crippen molar-refractivity contribution in [2.45, 2.75) is 25.5 Å². The second kappa shape index (κ2) is 5.22. The second-order valence-corrected chi connectivity index (χ2v) is 4.43. The molecule has 0 saturated carbocycles. The van der Waals surface area contributed by atoms with E-state index in [4.69, 9.17) is 15.7 Å². The highest BCUT2D eigenvalue weighted by Gasteiger charge is 2.28. The third-order valence-electron chi connectivity index (χ3n) is 3.35. The maximum Gasteiger partial charge on any atom is 0.171 e. The predicted octanol–water partition coefficient (Wildman–Crippen LogP) is 0.790. The minimum Gasteiger partial charge on any atom is -0.409 e. The molecule has 2 heterocycles. The van der Waals surface area contributed by atoms with Gasteiger partial charge in [0, 0.05) is 25.4 Å². The van der Waals surface area contributed by atoms with E-state index in [-0.39, 0.29) is 11.9 Å². The summed E-state index contributed by atoms with van der Waals surface area (Å²) in [4.78, 5) is 6.43. The van der Waals surface area contributed by atoms with Gasteiger partial charge in [-0.05, 0) is 25.5 Å². The summed E-state index contributed by atoms with van der Waals surface area (Å²) in [7, 11) is 2.00.